The van der Waals surface area contributed by atoms with Crippen molar-refractivity contribution in [2.45, 2.75) is 37.4 Å². The summed E-state index contributed by atoms with van der Waals surface area (Å²) in [5, 5.41) is 11.6. The normalized spacial score (nSPS) is 29.9. The van der Waals surface area contributed by atoms with E-state index in [1.54, 1.807) is 0 Å². The van der Waals surface area contributed by atoms with Gasteiger partial charge in [-0.3, -0.25) is 4.79 Å². The first-order chi connectivity index (χ1) is 8.95. The van der Waals surface area contributed by atoms with E-state index < -0.39 is 24.1 Å². The predicted molar refractivity (Wildman–Crippen MR) is 64.4 cm³/mol. The van der Waals surface area contributed by atoms with Gasteiger partial charge in [-0.15, -0.1) is 0 Å². The molecule has 2 heterocycles. The third-order valence-corrected chi connectivity index (χ3v) is 3.64. The lowest BCUT2D eigenvalue weighted by molar-refractivity contribution is -0.152. The smallest absolute Gasteiger partial charge is 0.407 e. The molecule has 7 heteroatoms. The fourth-order valence-corrected chi connectivity index (χ4v) is 2.72. The van der Waals surface area contributed by atoms with E-state index in [2.05, 4.69) is 16.6 Å². The number of methoxy groups -OCH3 is 1. The molecule has 0 aromatic rings. The average molecular weight is 268 g/mol. The monoisotopic (exact) mass is 268 g/mol. The number of aliphatic carboxylic acids is 1. The summed E-state index contributed by atoms with van der Waals surface area (Å²) < 4.78 is 4.45. The molecule has 0 aromatic heterocycles. The van der Waals surface area contributed by atoms with Gasteiger partial charge in [0.15, 0.2) is 0 Å². The lowest BCUT2D eigenvalue weighted by Crippen LogP contribution is -2.57. The van der Waals surface area contributed by atoms with Crippen LogP contribution in [0.15, 0.2) is 12.2 Å². The second-order valence-corrected chi connectivity index (χ2v) is 4.74. The van der Waals surface area contributed by atoms with Gasteiger partial charge in [-0.2, -0.15) is 0 Å². The number of amides is 2. The number of carboxylic acid groups (broad SMARTS) is 1. The molecule has 2 saturated heterocycles. The zero-order valence-electron chi connectivity index (χ0n) is 10.6. The number of nitrogens with one attached hydrogen (secondary N) is 1. The summed E-state index contributed by atoms with van der Waals surface area (Å²) in [5.74, 6) is -1.43. The van der Waals surface area contributed by atoms with Crippen molar-refractivity contribution in [3.05, 3.63) is 12.2 Å². The number of piperidine rings is 1. The lowest BCUT2D eigenvalue weighted by Gasteiger charge is -2.36. The molecule has 3 atom stereocenters. The van der Waals surface area contributed by atoms with Crippen molar-refractivity contribution in [1.82, 2.24) is 10.2 Å². The van der Waals surface area contributed by atoms with Gasteiger partial charge in [0, 0.05) is 6.42 Å². The number of carbonyl (C=O) groups excluding carboxylic acids is 2. The van der Waals surface area contributed by atoms with Crippen molar-refractivity contribution in [2.75, 3.05) is 7.11 Å². The fraction of sp³-hybridized carbons (Fsp3) is 0.583. The molecule has 2 N–H and O–H groups in total. The topological polar surface area (TPSA) is 95.9 Å². The van der Waals surface area contributed by atoms with Gasteiger partial charge >= 0.3 is 12.1 Å². The van der Waals surface area contributed by atoms with Gasteiger partial charge in [0.05, 0.1) is 13.2 Å². The van der Waals surface area contributed by atoms with Crippen LogP contribution in [0.2, 0.25) is 0 Å². The standard InChI is InChI=1S/C12H16N2O5/c1-6-5-9(11(16)17)14-8(6)4-3-7(10(14)15)13-12(18)19-2/h7-9H,1,3-5H2,2H3,(H,13,18)(H,16,17). The van der Waals surface area contributed by atoms with Crippen LogP contribution in [0.4, 0.5) is 4.79 Å². The molecule has 2 amide bonds. The van der Waals surface area contributed by atoms with Gasteiger partial charge in [0.25, 0.3) is 0 Å². The van der Waals surface area contributed by atoms with Crippen molar-refractivity contribution < 1.29 is 24.2 Å². The number of carboxylic acids is 1. The van der Waals surface area contributed by atoms with E-state index in [1.165, 1.54) is 12.0 Å². The first-order valence-corrected chi connectivity index (χ1v) is 6.02. The maximum Gasteiger partial charge on any atom is 0.407 e. The predicted octanol–water partition coefficient (Wildman–Crippen LogP) is 0.115. The Morgan fingerprint density at radius 1 is 1.47 bits per heavy atom. The maximum atomic E-state index is 12.3. The van der Waals surface area contributed by atoms with Crippen LogP contribution in [0.1, 0.15) is 19.3 Å². The van der Waals surface area contributed by atoms with Gasteiger partial charge in [-0.05, 0) is 12.8 Å². The van der Waals surface area contributed by atoms with Gasteiger partial charge < -0.3 is 20.1 Å². The number of hydrogen-bond donors (Lipinski definition) is 2. The van der Waals surface area contributed by atoms with E-state index in [0.29, 0.717) is 12.8 Å². The van der Waals surface area contributed by atoms with E-state index in [-0.39, 0.29) is 18.4 Å². The van der Waals surface area contributed by atoms with Gasteiger partial charge in [0.2, 0.25) is 5.91 Å². The number of hydrogen-bond acceptors (Lipinski definition) is 4. The molecule has 0 spiro atoms. The minimum atomic E-state index is -1.05. The molecule has 0 saturated carbocycles. The minimum Gasteiger partial charge on any atom is -0.480 e. The first-order valence-electron chi connectivity index (χ1n) is 6.02. The van der Waals surface area contributed by atoms with Crippen molar-refractivity contribution in [3.8, 4) is 0 Å². The molecule has 0 aromatic carbocycles. The zero-order chi connectivity index (χ0) is 14.2. The Hall–Kier alpha value is -2.05. The third kappa shape index (κ3) is 2.27. The second kappa shape index (κ2) is 4.91. The molecular weight excluding hydrogens is 252 g/mol. The molecule has 19 heavy (non-hydrogen) atoms. The fourth-order valence-electron chi connectivity index (χ4n) is 2.72. The Kier molecular flexibility index (Phi) is 3.46. The third-order valence-electron chi connectivity index (χ3n) is 3.64. The minimum absolute atomic E-state index is 0.232. The van der Waals surface area contributed by atoms with E-state index in [0.717, 1.165) is 5.57 Å². The molecule has 7 nitrogen and oxygen atoms in total. The highest BCUT2D eigenvalue weighted by atomic mass is 16.5. The van der Waals surface area contributed by atoms with Gasteiger partial charge in [0.1, 0.15) is 12.1 Å². The Balaban J connectivity index is 2.17. The summed E-state index contributed by atoms with van der Waals surface area (Å²) in [5.41, 5.74) is 0.761. The summed E-state index contributed by atoms with van der Waals surface area (Å²) in [6.45, 7) is 3.84. The number of alkyl carbamates (subject to hydrolysis) is 1. The number of rotatable bonds is 2. The largest absolute Gasteiger partial charge is 0.480 e. The maximum absolute atomic E-state index is 12.3. The van der Waals surface area contributed by atoms with Crippen LogP contribution in [0.5, 0.6) is 0 Å². The van der Waals surface area contributed by atoms with Crippen molar-refractivity contribution >= 4 is 18.0 Å². The Labute approximate surface area is 110 Å². The van der Waals surface area contributed by atoms with E-state index >= 15 is 0 Å². The van der Waals surface area contributed by atoms with Gasteiger partial charge in [-0.1, -0.05) is 12.2 Å². The molecule has 2 fully saturated rings. The van der Waals surface area contributed by atoms with Crippen LogP contribution >= 0.6 is 0 Å². The molecule has 2 aliphatic rings. The summed E-state index contributed by atoms with van der Waals surface area (Å²) in [4.78, 5) is 35.9. The summed E-state index contributed by atoms with van der Waals surface area (Å²) in [6, 6.07) is -1.84. The number of ether oxygens (including phenoxy) is 1. The molecule has 3 unspecified atom stereocenters. The molecule has 2 aliphatic heterocycles. The molecule has 104 valence electrons. The van der Waals surface area contributed by atoms with Crippen LogP contribution in [0.3, 0.4) is 0 Å². The zero-order valence-corrected chi connectivity index (χ0v) is 10.6. The van der Waals surface area contributed by atoms with Crippen molar-refractivity contribution in [1.29, 1.82) is 0 Å². The van der Waals surface area contributed by atoms with Crippen molar-refractivity contribution in [2.24, 2.45) is 0 Å². The molecule has 2 rings (SSSR count). The Morgan fingerprint density at radius 2 is 2.16 bits per heavy atom. The van der Waals surface area contributed by atoms with E-state index in [9.17, 15) is 14.4 Å². The van der Waals surface area contributed by atoms with Gasteiger partial charge in [-0.25, -0.2) is 9.59 Å². The molecular formula is C12H16N2O5. The average Bonchev–Trinajstić information content (AvgIpc) is 2.71. The number of nitrogens with zero attached hydrogens (tertiary/aromatic N) is 1. The Morgan fingerprint density at radius 3 is 2.74 bits per heavy atom. The van der Waals surface area contributed by atoms with Crippen LogP contribution in [-0.4, -0.2) is 53.2 Å². The number of fused-ring (bicyclic) bond motifs is 1. The first kappa shape index (κ1) is 13.4. The van der Waals surface area contributed by atoms with E-state index in [1.807, 2.05) is 0 Å². The highest BCUT2D eigenvalue weighted by Crippen LogP contribution is 2.35. The van der Waals surface area contributed by atoms with Crippen molar-refractivity contribution in [3.63, 3.8) is 0 Å². The Bertz CT molecular complexity index is 447. The summed E-state index contributed by atoms with van der Waals surface area (Å²) in [7, 11) is 1.21. The number of carbonyl (C=O) groups is 3. The van der Waals surface area contributed by atoms with Crippen LogP contribution in [0.25, 0.3) is 0 Å². The van der Waals surface area contributed by atoms with Crippen LogP contribution in [-0.2, 0) is 14.3 Å². The SMILES string of the molecule is C=C1CC(C(=O)O)N2C(=O)C(NC(=O)OC)CCC12. The molecule has 0 radical (unpaired) electrons. The molecule has 0 aliphatic carbocycles. The molecule has 0 bridgehead atoms. The lowest BCUT2D eigenvalue weighted by atomic mass is 9.96. The van der Waals surface area contributed by atoms with E-state index in [4.69, 9.17) is 5.11 Å². The summed E-state index contributed by atoms with van der Waals surface area (Å²) >= 11 is 0. The highest BCUT2D eigenvalue weighted by Gasteiger charge is 2.48. The highest BCUT2D eigenvalue weighted by molar-refractivity contribution is 5.91. The summed E-state index contributed by atoms with van der Waals surface area (Å²) in [6.07, 6.45) is 0.641. The van der Waals surface area contributed by atoms with Crippen LogP contribution < -0.4 is 5.32 Å². The van der Waals surface area contributed by atoms with Crippen LogP contribution in [0, 0.1) is 0 Å². The second-order valence-electron chi connectivity index (χ2n) is 4.74. The quantitative estimate of drug-likeness (QED) is 0.693.